The molecule has 1 unspecified atom stereocenters. The monoisotopic (exact) mass is 286 g/mol. The first kappa shape index (κ1) is 13.8. The third-order valence-corrected chi connectivity index (χ3v) is 2.93. The van der Waals surface area contributed by atoms with Gasteiger partial charge in [-0.1, -0.05) is 17.7 Å². The molecule has 0 aliphatic heterocycles. The van der Waals surface area contributed by atoms with Crippen LogP contribution in [0.2, 0.25) is 5.02 Å². The van der Waals surface area contributed by atoms with Gasteiger partial charge in [-0.25, -0.2) is 13.2 Å². The lowest BCUT2D eigenvalue weighted by molar-refractivity contribution is 0.434. The summed E-state index contributed by atoms with van der Waals surface area (Å²) >= 11 is 5.72. The van der Waals surface area contributed by atoms with Gasteiger partial charge in [0.05, 0.1) is 16.8 Å². The molecule has 1 aromatic carbocycles. The van der Waals surface area contributed by atoms with Crippen LogP contribution >= 0.6 is 11.6 Å². The minimum absolute atomic E-state index is 0.0174. The Hall–Kier alpha value is -1.59. The van der Waals surface area contributed by atoms with Gasteiger partial charge in [0.2, 0.25) is 0 Å². The lowest BCUT2D eigenvalue weighted by Gasteiger charge is -2.17. The molecule has 0 spiro atoms. The Morgan fingerprint density at radius 2 is 1.84 bits per heavy atom. The van der Waals surface area contributed by atoms with E-state index in [1.165, 1.54) is 12.3 Å². The Morgan fingerprint density at radius 1 is 1.11 bits per heavy atom. The largest absolute Gasteiger partial charge is 0.308 e. The molecule has 0 aliphatic carbocycles. The van der Waals surface area contributed by atoms with Crippen molar-refractivity contribution >= 4 is 11.6 Å². The van der Waals surface area contributed by atoms with Gasteiger partial charge in [0.1, 0.15) is 0 Å². The Labute approximate surface area is 113 Å². The number of aromatic nitrogens is 1. The number of nitrogens with zero attached hydrogens (tertiary/aromatic N) is 1. The van der Waals surface area contributed by atoms with Gasteiger partial charge in [-0.3, -0.25) is 4.98 Å². The number of pyridine rings is 1. The molecule has 1 atom stereocenters. The summed E-state index contributed by atoms with van der Waals surface area (Å²) in [5.41, 5.74) is 0.438. The maximum Gasteiger partial charge on any atom is 0.194 e. The Morgan fingerprint density at radius 3 is 2.42 bits per heavy atom. The minimum atomic E-state index is -1.49. The van der Waals surface area contributed by atoms with Gasteiger partial charge >= 0.3 is 0 Å². The molecule has 1 N–H and O–H groups in total. The van der Waals surface area contributed by atoms with Crippen LogP contribution in [-0.2, 0) is 0 Å². The van der Waals surface area contributed by atoms with Crippen molar-refractivity contribution < 1.29 is 13.2 Å². The summed E-state index contributed by atoms with van der Waals surface area (Å²) in [5.74, 6) is -3.94. The van der Waals surface area contributed by atoms with E-state index in [1.807, 2.05) is 0 Å². The Bertz CT molecular complexity index is 587. The molecule has 0 amide bonds. The van der Waals surface area contributed by atoms with E-state index >= 15 is 0 Å². The number of rotatable bonds is 3. The smallest absolute Gasteiger partial charge is 0.194 e. The van der Waals surface area contributed by atoms with E-state index in [1.54, 1.807) is 19.2 Å². The van der Waals surface area contributed by atoms with E-state index in [9.17, 15) is 13.2 Å². The van der Waals surface area contributed by atoms with Crippen LogP contribution in [0.15, 0.2) is 30.5 Å². The van der Waals surface area contributed by atoms with Crippen LogP contribution in [0.3, 0.4) is 0 Å². The maximum absolute atomic E-state index is 13.8. The van der Waals surface area contributed by atoms with Crippen LogP contribution in [0, 0.1) is 17.5 Å². The van der Waals surface area contributed by atoms with Crippen LogP contribution in [0.25, 0.3) is 0 Å². The first-order valence-corrected chi connectivity index (χ1v) is 5.84. The average molecular weight is 287 g/mol. The summed E-state index contributed by atoms with van der Waals surface area (Å²) in [6.45, 7) is 0. The first-order chi connectivity index (χ1) is 9.04. The molecule has 6 heteroatoms. The van der Waals surface area contributed by atoms with E-state index in [0.29, 0.717) is 10.7 Å². The summed E-state index contributed by atoms with van der Waals surface area (Å²) in [7, 11) is 1.57. The molecule has 0 bridgehead atoms. The van der Waals surface area contributed by atoms with Gasteiger partial charge in [-0.05, 0) is 25.2 Å². The SMILES string of the molecule is CNC(c1ccc(Cl)cn1)c1ccc(F)c(F)c1F. The van der Waals surface area contributed by atoms with Crippen LogP contribution in [0.5, 0.6) is 0 Å². The van der Waals surface area contributed by atoms with Crippen molar-refractivity contribution in [1.29, 1.82) is 0 Å². The van der Waals surface area contributed by atoms with Gasteiger partial charge in [0, 0.05) is 11.8 Å². The maximum atomic E-state index is 13.8. The molecule has 2 aromatic rings. The second-order valence-electron chi connectivity index (χ2n) is 3.89. The van der Waals surface area contributed by atoms with Crippen LogP contribution in [0.1, 0.15) is 17.3 Å². The molecule has 1 aromatic heterocycles. The number of halogens is 4. The molecular weight excluding hydrogens is 277 g/mol. The number of nitrogens with one attached hydrogen (secondary N) is 1. The van der Waals surface area contributed by atoms with E-state index in [0.717, 1.165) is 6.07 Å². The minimum Gasteiger partial charge on any atom is -0.308 e. The highest BCUT2D eigenvalue weighted by Gasteiger charge is 2.21. The lowest BCUT2D eigenvalue weighted by Crippen LogP contribution is -2.20. The highest BCUT2D eigenvalue weighted by Crippen LogP contribution is 2.26. The van der Waals surface area contributed by atoms with Crippen molar-refractivity contribution in [3.8, 4) is 0 Å². The summed E-state index contributed by atoms with van der Waals surface area (Å²) < 4.78 is 39.9. The highest BCUT2D eigenvalue weighted by molar-refractivity contribution is 6.30. The molecule has 1 heterocycles. The normalized spacial score (nSPS) is 12.5. The lowest BCUT2D eigenvalue weighted by atomic mass is 10.0. The quantitative estimate of drug-likeness (QED) is 0.874. The van der Waals surface area contributed by atoms with Gasteiger partial charge in [0.25, 0.3) is 0 Å². The van der Waals surface area contributed by atoms with Gasteiger partial charge < -0.3 is 5.32 Å². The van der Waals surface area contributed by atoms with Crippen LogP contribution < -0.4 is 5.32 Å². The molecule has 2 rings (SSSR count). The molecule has 100 valence electrons. The molecule has 0 saturated heterocycles. The van der Waals surface area contributed by atoms with Crippen molar-refractivity contribution in [2.45, 2.75) is 6.04 Å². The fraction of sp³-hybridized carbons (Fsp3) is 0.154. The summed E-state index contributed by atoms with van der Waals surface area (Å²) in [6, 6.07) is 4.56. The van der Waals surface area contributed by atoms with Crippen molar-refractivity contribution in [3.63, 3.8) is 0 Å². The Balaban J connectivity index is 2.48. The van der Waals surface area contributed by atoms with Crippen LogP contribution in [-0.4, -0.2) is 12.0 Å². The second-order valence-corrected chi connectivity index (χ2v) is 4.32. The van der Waals surface area contributed by atoms with Crippen LogP contribution in [0.4, 0.5) is 13.2 Å². The third kappa shape index (κ3) is 2.72. The fourth-order valence-corrected chi connectivity index (χ4v) is 1.90. The van der Waals surface area contributed by atoms with E-state index in [4.69, 9.17) is 11.6 Å². The van der Waals surface area contributed by atoms with E-state index in [-0.39, 0.29) is 5.56 Å². The van der Waals surface area contributed by atoms with E-state index < -0.39 is 23.5 Å². The second kappa shape index (κ2) is 5.59. The summed E-state index contributed by atoms with van der Waals surface area (Å²) in [4.78, 5) is 4.04. The molecule has 19 heavy (non-hydrogen) atoms. The van der Waals surface area contributed by atoms with Crippen molar-refractivity contribution in [1.82, 2.24) is 10.3 Å². The molecule has 2 nitrogen and oxygen atoms in total. The summed E-state index contributed by atoms with van der Waals surface area (Å²) in [5, 5.41) is 3.24. The summed E-state index contributed by atoms with van der Waals surface area (Å²) in [6.07, 6.45) is 1.40. The molecule has 0 aliphatic rings. The Kier molecular flexibility index (Phi) is 4.07. The number of benzene rings is 1. The number of hydrogen-bond acceptors (Lipinski definition) is 2. The van der Waals surface area contributed by atoms with Crippen molar-refractivity contribution in [2.75, 3.05) is 7.05 Å². The molecule has 0 fully saturated rings. The van der Waals surface area contributed by atoms with Gasteiger partial charge in [-0.2, -0.15) is 0 Å². The van der Waals surface area contributed by atoms with Gasteiger partial charge in [0.15, 0.2) is 17.5 Å². The highest BCUT2D eigenvalue weighted by atomic mass is 35.5. The van der Waals surface area contributed by atoms with Crippen molar-refractivity contribution in [3.05, 3.63) is 64.2 Å². The molecule has 0 saturated carbocycles. The first-order valence-electron chi connectivity index (χ1n) is 5.46. The zero-order valence-corrected chi connectivity index (χ0v) is 10.7. The molecular formula is C13H10ClF3N2. The molecule has 0 radical (unpaired) electrons. The average Bonchev–Trinajstić information content (AvgIpc) is 2.41. The van der Waals surface area contributed by atoms with Crippen molar-refractivity contribution in [2.24, 2.45) is 0 Å². The van der Waals surface area contributed by atoms with E-state index in [2.05, 4.69) is 10.3 Å². The standard InChI is InChI=1S/C13H10ClF3N2/c1-18-13(10-5-2-7(14)6-19-10)8-3-4-9(15)12(17)11(8)16/h2-6,13,18H,1H3. The zero-order valence-electron chi connectivity index (χ0n) is 9.92. The third-order valence-electron chi connectivity index (χ3n) is 2.71. The van der Waals surface area contributed by atoms with Gasteiger partial charge in [-0.15, -0.1) is 0 Å². The fourth-order valence-electron chi connectivity index (χ4n) is 1.78. The predicted molar refractivity (Wildman–Crippen MR) is 66.5 cm³/mol. The topological polar surface area (TPSA) is 24.9 Å². The number of hydrogen-bond donors (Lipinski definition) is 1. The predicted octanol–water partition coefficient (Wildman–Crippen LogP) is 3.46. The zero-order chi connectivity index (χ0) is 14.0.